The lowest BCUT2D eigenvalue weighted by Crippen LogP contribution is -2.64. The zero-order valence-electron chi connectivity index (χ0n) is 32.7. The van der Waals surface area contributed by atoms with E-state index in [1.54, 1.807) is 6.08 Å². The number of carboxylic acid groups (broad SMARTS) is 1. The topological polar surface area (TPSA) is 322 Å². The minimum Gasteiger partial charge on any atom is -0.481 e. The first-order chi connectivity index (χ1) is 28.1. The number of hydrogen-bond acceptors (Lipinski definition) is 18. The van der Waals surface area contributed by atoms with Crippen LogP contribution in [0.15, 0.2) is 12.2 Å². The summed E-state index contributed by atoms with van der Waals surface area (Å²) in [5, 5.41) is 105. The molecule has 20 heteroatoms. The maximum absolute atomic E-state index is 12.6. The second-order valence-corrected chi connectivity index (χ2v) is 17.0. The molecule has 3 saturated heterocycles. The number of esters is 2. The Kier molecular flexibility index (Phi) is 16.1. The maximum atomic E-state index is 12.6. The summed E-state index contributed by atoms with van der Waals surface area (Å²) in [6.07, 6.45) is -13.3. The first-order valence-corrected chi connectivity index (χ1v) is 20.7. The molecular weight excluding hydrogens is 788 g/mol. The highest BCUT2D eigenvalue weighted by molar-refractivity contribution is 5.90. The SMILES string of the molecule is O=C(O)CC(=O)OC[C@H]1O[C@@H](OC2CC(O)CC3[OH+]C(C4CCC(O)CC4)C(O[C@@H]4O[C@H](COC(=O)C=CC5CCC(O)CC5)[C@@H](O)[C@H](O)[C@H]4O)CC23)[C@H](O)[C@@H](O)[C@@H]1O. The predicted octanol–water partition coefficient (Wildman–Crippen LogP) is -2.97. The van der Waals surface area contributed by atoms with E-state index in [1.807, 2.05) is 0 Å². The number of hydrogen-bond donors (Lipinski definition) is 10. The second kappa shape index (κ2) is 20.6. The molecular formula is C39H61O20+. The smallest absolute Gasteiger partial charge is 0.330 e. The van der Waals surface area contributed by atoms with Crippen molar-refractivity contribution in [2.75, 3.05) is 13.2 Å². The summed E-state index contributed by atoms with van der Waals surface area (Å²) in [6, 6.07) is 0. The van der Waals surface area contributed by atoms with E-state index in [0.29, 0.717) is 38.5 Å². The van der Waals surface area contributed by atoms with Gasteiger partial charge in [-0.05, 0) is 63.7 Å². The second-order valence-electron chi connectivity index (χ2n) is 17.0. The molecule has 3 aliphatic carbocycles. The van der Waals surface area contributed by atoms with Crippen molar-refractivity contribution in [3.05, 3.63) is 12.2 Å². The molecule has 3 aliphatic heterocycles. The van der Waals surface area contributed by atoms with Gasteiger partial charge in [0.15, 0.2) is 24.8 Å². The Morgan fingerprint density at radius 3 is 1.73 bits per heavy atom. The Bertz CT molecular complexity index is 1420. The minimum absolute atomic E-state index is 0.0330. The Labute approximate surface area is 340 Å². The van der Waals surface area contributed by atoms with Crippen molar-refractivity contribution in [1.82, 2.24) is 0 Å². The highest BCUT2D eigenvalue weighted by Gasteiger charge is 2.56. The zero-order chi connectivity index (χ0) is 42.5. The van der Waals surface area contributed by atoms with Crippen LogP contribution in [0.25, 0.3) is 0 Å². The number of fused-ring (bicyclic) bond motifs is 1. The molecule has 59 heavy (non-hydrogen) atoms. The van der Waals surface area contributed by atoms with Crippen LogP contribution in [0.5, 0.6) is 0 Å². The fourth-order valence-corrected chi connectivity index (χ4v) is 9.35. The van der Waals surface area contributed by atoms with E-state index in [1.165, 1.54) is 6.08 Å². The maximum Gasteiger partial charge on any atom is 0.330 e. The normalized spacial score (nSPS) is 45.6. The molecule has 3 saturated carbocycles. The Morgan fingerprint density at radius 1 is 0.610 bits per heavy atom. The number of carbonyl (C=O) groups excluding carboxylic acids is 2. The van der Waals surface area contributed by atoms with Crippen LogP contribution < -0.4 is 0 Å². The Hall–Kier alpha value is -2.41. The van der Waals surface area contributed by atoms with Crippen LogP contribution in [-0.2, 0) is 42.8 Å². The highest BCUT2D eigenvalue weighted by Crippen LogP contribution is 2.44. The number of allylic oxidation sites excluding steroid dienone is 1. The van der Waals surface area contributed by atoms with Gasteiger partial charge in [0.05, 0.1) is 30.3 Å². The molecule has 3 heterocycles. The molecule has 6 rings (SSSR count). The van der Waals surface area contributed by atoms with Crippen molar-refractivity contribution in [2.24, 2.45) is 17.8 Å². The van der Waals surface area contributed by atoms with Gasteiger partial charge in [0, 0.05) is 24.8 Å². The summed E-state index contributed by atoms with van der Waals surface area (Å²) in [5.41, 5.74) is 0. The van der Waals surface area contributed by atoms with Gasteiger partial charge in [-0.2, -0.15) is 0 Å². The predicted molar refractivity (Wildman–Crippen MR) is 195 cm³/mol. The lowest BCUT2D eigenvalue weighted by molar-refractivity contribution is -0.366. The number of rotatable bonds is 13. The number of ether oxygens (including phenoxy) is 7. The summed E-state index contributed by atoms with van der Waals surface area (Å²) in [5.74, 6) is -3.76. The highest BCUT2D eigenvalue weighted by atomic mass is 16.7. The monoisotopic (exact) mass is 849 g/mol. The van der Waals surface area contributed by atoms with Crippen LogP contribution in [0, 0.1) is 17.8 Å². The zero-order valence-corrected chi connectivity index (χ0v) is 32.7. The first kappa shape index (κ1) is 46.1. The van der Waals surface area contributed by atoms with Gasteiger partial charge in [-0.3, -0.25) is 9.59 Å². The molecule has 16 atom stereocenters. The van der Waals surface area contributed by atoms with Gasteiger partial charge < -0.3 is 84.2 Å². The van der Waals surface area contributed by atoms with E-state index in [4.69, 9.17) is 38.3 Å². The van der Waals surface area contributed by atoms with Crippen LogP contribution in [0.1, 0.15) is 77.0 Å². The third-order valence-corrected chi connectivity index (χ3v) is 12.8. The molecule has 0 aromatic carbocycles. The van der Waals surface area contributed by atoms with Gasteiger partial charge >= 0.3 is 17.9 Å². The molecule has 20 nitrogen and oxygen atoms in total. The molecule has 0 radical (unpaired) electrons. The van der Waals surface area contributed by atoms with Crippen molar-refractivity contribution in [3.8, 4) is 0 Å². The third-order valence-electron chi connectivity index (χ3n) is 12.8. The first-order valence-electron chi connectivity index (χ1n) is 20.7. The summed E-state index contributed by atoms with van der Waals surface area (Å²) in [6.45, 7) is -1.13. The van der Waals surface area contributed by atoms with E-state index in [9.17, 15) is 60.3 Å². The third kappa shape index (κ3) is 11.7. The lowest BCUT2D eigenvalue weighted by Gasteiger charge is -2.50. The van der Waals surface area contributed by atoms with Crippen LogP contribution >= 0.6 is 0 Å². The van der Waals surface area contributed by atoms with Gasteiger partial charge in [-0.15, -0.1) is 0 Å². The molecule has 6 fully saturated rings. The van der Waals surface area contributed by atoms with E-state index < -0.39 is 141 Å². The number of aliphatic hydroxyl groups is 11. The van der Waals surface area contributed by atoms with Crippen molar-refractivity contribution in [1.29, 1.82) is 0 Å². The summed E-state index contributed by atoms with van der Waals surface area (Å²) >= 11 is 0. The Morgan fingerprint density at radius 2 is 1.15 bits per heavy atom. The average Bonchev–Trinajstić information content (AvgIpc) is 3.20. The van der Waals surface area contributed by atoms with Crippen molar-refractivity contribution < 1.29 is 98.6 Å². The number of aliphatic carboxylic acids is 1. The van der Waals surface area contributed by atoms with Crippen molar-refractivity contribution in [2.45, 2.75) is 181 Å². The molecule has 6 aliphatic rings. The van der Waals surface area contributed by atoms with E-state index in [2.05, 4.69) is 0 Å². The number of aliphatic hydroxyl groups excluding tert-OH is 9. The molecule has 0 bridgehead atoms. The van der Waals surface area contributed by atoms with Crippen LogP contribution in [0.2, 0.25) is 0 Å². The summed E-state index contributed by atoms with van der Waals surface area (Å²) in [4.78, 5) is 35.3. The molecule has 0 aromatic heterocycles. The number of carboxylic acids is 1. The van der Waals surface area contributed by atoms with E-state index in [-0.39, 0.29) is 37.2 Å². The minimum atomic E-state index is -1.82. The van der Waals surface area contributed by atoms with Gasteiger partial charge in [-0.1, -0.05) is 6.08 Å². The molecule has 0 spiro atoms. The molecule has 0 aromatic rings. The van der Waals surface area contributed by atoms with Crippen molar-refractivity contribution in [3.63, 3.8) is 0 Å². The van der Waals surface area contributed by atoms with Crippen LogP contribution in [-0.4, -0.2) is 191 Å². The molecule has 6 unspecified atom stereocenters. The van der Waals surface area contributed by atoms with E-state index >= 15 is 0 Å². The van der Waals surface area contributed by atoms with Gasteiger partial charge in [0.25, 0.3) is 0 Å². The number of carbonyl (C=O) groups is 3. The largest absolute Gasteiger partial charge is 0.481 e. The standard InChI is InChI=1S/C39H60O20/c40-19-6-1-17(2-7-19)3-10-29(45)53-15-26-31(47)34(50)36(52)39(59-26)57-25-13-22-23(55-37(25)18-4-8-20(41)9-5-18)11-21(42)12-24(22)56-38-35(51)33(49)32(48)27(58-38)16-54-30(46)14-28(43)44/h3,10,17-27,31-42,47-52H,1-2,4-9,11-16H2,(H,43,44)/p+1/t17?,18?,19?,20?,21?,22?,23?,24?,25?,26-,27-,31-,32-,33+,34+,35-,36-,37?,38-,39-/m1/s1. The van der Waals surface area contributed by atoms with Crippen molar-refractivity contribution >= 4 is 17.9 Å². The Balaban J connectivity index is 1.15. The molecule has 336 valence electrons. The molecule has 11 N–H and O–H groups in total. The quantitative estimate of drug-likeness (QED) is 0.0383. The summed E-state index contributed by atoms with van der Waals surface area (Å²) in [7, 11) is 0. The summed E-state index contributed by atoms with van der Waals surface area (Å²) < 4.78 is 39.8. The lowest BCUT2D eigenvalue weighted by atomic mass is 9.73. The van der Waals surface area contributed by atoms with Crippen LogP contribution in [0.4, 0.5) is 0 Å². The fraction of sp³-hybridized carbons (Fsp3) is 0.872. The average molecular weight is 850 g/mol. The van der Waals surface area contributed by atoms with Crippen LogP contribution in [0.3, 0.4) is 0 Å². The van der Waals surface area contributed by atoms with Gasteiger partial charge in [0.2, 0.25) is 0 Å². The van der Waals surface area contributed by atoms with E-state index in [0.717, 1.165) is 12.8 Å². The van der Waals surface area contributed by atoms with Gasteiger partial charge in [0.1, 0.15) is 74.6 Å². The fourth-order valence-electron chi connectivity index (χ4n) is 9.35. The van der Waals surface area contributed by atoms with Gasteiger partial charge in [-0.25, -0.2) is 4.79 Å². The molecule has 0 amide bonds.